The first kappa shape index (κ1) is 33.1. The third kappa shape index (κ3) is 7.10. The molecule has 4 heterocycles. The Morgan fingerprint density at radius 2 is 1.86 bits per heavy atom. The standard InChI is InChI=1S/C31H36N6O5S.K.H/c1-4-7-25-24(16-21-14-15-26(43-21)22-8-5-6-9-23(22)27-34-30(39)42-35-27)28(38)36(29-32-18-33-37(25)29)19-10-12-20(13-11-19)41-17-31(2,3)40;;/h5-6,8-9,14-15,18-20,40H,4,7,10-13,16-17H2,1-3H3,(H,34,35,39);;. The van der Waals surface area contributed by atoms with Crippen LogP contribution in [-0.2, 0) is 17.6 Å². The van der Waals surface area contributed by atoms with Crippen molar-refractivity contribution in [3.63, 3.8) is 0 Å². The SMILES string of the molecule is CCCc1c(Cc2ccc(-c3ccccc3-c3noc(=O)[nH]3)s2)c(=O)n(C2CCC(OCC(C)(C)O)CC2)c2ncnn12.[KH]. The first-order valence-electron chi connectivity index (χ1n) is 14.8. The molecule has 0 saturated heterocycles. The van der Waals surface area contributed by atoms with Crippen molar-refractivity contribution in [2.24, 2.45) is 0 Å². The van der Waals surface area contributed by atoms with Crippen LogP contribution in [0.3, 0.4) is 0 Å². The number of aryl methyl sites for hydroxylation is 1. The minimum absolute atomic E-state index is 0. The number of H-pyrrole nitrogens is 1. The molecule has 228 valence electrons. The van der Waals surface area contributed by atoms with Gasteiger partial charge in [0.15, 0.2) is 5.82 Å². The third-order valence-corrected chi connectivity index (χ3v) is 9.01. The van der Waals surface area contributed by atoms with Gasteiger partial charge in [0, 0.05) is 38.9 Å². The monoisotopic (exact) mass is 644 g/mol. The van der Waals surface area contributed by atoms with Gasteiger partial charge in [0.1, 0.15) is 6.33 Å². The third-order valence-electron chi connectivity index (χ3n) is 7.89. The van der Waals surface area contributed by atoms with Crippen molar-refractivity contribution in [3.05, 3.63) is 79.8 Å². The Hall–Kier alpha value is -2.23. The fraction of sp³-hybridized carbons (Fsp3) is 0.452. The van der Waals surface area contributed by atoms with Gasteiger partial charge in [-0.1, -0.05) is 42.8 Å². The summed E-state index contributed by atoms with van der Waals surface area (Å²) in [6.45, 7) is 5.87. The van der Waals surface area contributed by atoms with E-state index in [2.05, 4.69) is 33.2 Å². The van der Waals surface area contributed by atoms with Crippen LogP contribution < -0.4 is 11.3 Å². The summed E-state index contributed by atoms with van der Waals surface area (Å²) in [6, 6.07) is 11.8. The van der Waals surface area contributed by atoms with Crippen LogP contribution in [0.2, 0.25) is 0 Å². The fourth-order valence-corrected chi connectivity index (χ4v) is 6.97. The van der Waals surface area contributed by atoms with Gasteiger partial charge >= 0.3 is 57.1 Å². The number of nitrogens with one attached hydrogen (secondary N) is 1. The molecule has 1 aliphatic carbocycles. The molecule has 0 aliphatic heterocycles. The van der Waals surface area contributed by atoms with Crippen molar-refractivity contribution in [2.75, 3.05) is 6.61 Å². The molecule has 1 aliphatic rings. The molecule has 0 bridgehead atoms. The average molecular weight is 645 g/mol. The van der Waals surface area contributed by atoms with Gasteiger partial charge in [0.2, 0.25) is 5.78 Å². The number of thiophene rings is 1. The summed E-state index contributed by atoms with van der Waals surface area (Å²) < 4.78 is 14.4. The molecule has 6 rings (SSSR count). The zero-order valence-corrected chi connectivity index (χ0v) is 25.4. The second kappa shape index (κ2) is 14.0. The minimum atomic E-state index is -0.871. The van der Waals surface area contributed by atoms with Crippen LogP contribution in [0.1, 0.15) is 75.1 Å². The van der Waals surface area contributed by atoms with E-state index in [1.54, 1.807) is 25.2 Å². The van der Waals surface area contributed by atoms with Gasteiger partial charge in [-0.3, -0.25) is 18.9 Å². The Bertz CT molecular complexity index is 1840. The molecule has 5 aromatic rings. The van der Waals surface area contributed by atoms with Gasteiger partial charge in [-0.2, -0.15) is 10.1 Å². The van der Waals surface area contributed by atoms with E-state index in [-0.39, 0.29) is 75.7 Å². The maximum absolute atomic E-state index is 14.3. The van der Waals surface area contributed by atoms with Crippen molar-refractivity contribution in [3.8, 4) is 21.8 Å². The normalized spacial score (nSPS) is 17.2. The Kier molecular flexibility index (Phi) is 10.6. The predicted octanol–water partition coefficient (Wildman–Crippen LogP) is 4.13. The van der Waals surface area contributed by atoms with Gasteiger partial charge in [-0.05, 0) is 58.1 Å². The molecule has 4 aromatic heterocycles. The molecule has 0 amide bonds. The van der Waals surface area contributed by atoms with Gasteiger partial charge in [-0.15, -0.1) is 11.3 Å². The summed E-state index contributed by atoms with van der Waals surface area (Å²) in [5.41, 5.74) is 2.44. The van der Waals surface area contributed by atoms with E-state index in [9.17, 15) is 14.7 Å². The number of ether oxygens (including phenoxy) is 1. The second-order valence-electron chi connectivity index (χ2n) is 11.8. The quantitative estimate of drug-likeness (QED) is 0.216. The van der Waals surface area contributed by atoms with E-state index < -0.39 is 11.4 Å². The topological polar surface area (TPSA) is 141 Å². The number of rotatable bonds is 10. The molecule has 1 fully saturated rings. The van der Waals surface area contributed by atoms with Crippen LogP contribution in [0.15, 0.2) is 56.8 Å². The molecule has 2 N–H and O–H groups in total. The second-order valence-corrected chi connectivity index (χ2v) is 13.0. The molecule has 1 saturated carbocycles. The summed E-state index contributed by atoms with van der Waals surface area (Å²) in [7, 11) is 0. The molecule has 0 atom stereocenters. The fourth-order valence-electron chi connectivity index (χ4n) is 5.91. The molecular formula is C31H37KN6O5S. The number of aromatic nitrogens is 6. The molecule has 1 aromatic carbocycles. The van der Waals surface area contributed by atoms with E-state index in [0.29, 0.717) is 24.4 Å². The van der Waals surface area contributed by atoms with E-state index in [1.165, 1.54) is 6.33 Å². The number of fused-ring (bicyclic) bond motifs is 1. The number of aliphatic hydroxyl groups is 1. The molecule has 0 spiro atoms. The molecule has 11 nitrogen and oxygen atoms in total. The van der Waals surface area contributed by atoms with E-state index in [1.807, 2.05) is 39.4 Å². The van der Waals surface area contributed by atoms with Crippen molar-refractivity contribution in [2.45, 2.75) is 83.5 Å². The number of aromatic amines is 1. The van der Waals surface area contributed by atoms with Crippen LogP contribution in [0.4, 0.5) is 0 Å². The van der Waals surface area contributed by atoms with Gasteiger partial charge in [0.25, 0.3) is 5.56 Å². The summed E-state index contributed by atoms with van der Waals surface area (Å²) in [5, 5.41) is 18.5. The van der Waals surface area contributed by atoms with Gasteiger partial charge < -0.3 is 9.84 Å². The Morgan fingerprint density at radius 3 is 2.55 bits per heavy atom. The molecule has 0 radical (unpaired) electrons. The summed E-state index contributed by atoms with van der Waals surface area (Å²) >= 11 is 1.61. The Labute approximate surface area is 301 Å². The van der Waals surface area contributed by atoms with Crippen LogP contribution >= 0.6 is 11.3 Å². The van der Waals surface area contributed by atoms with E-state index >= 15 is 0 Å². The first-order chi connectivity index (χ1) is 20.7. The van der Waals surface area contributed by atoms with Crippen molar-refractivity contribution >= 4 is 68.5 Å². The van der Waals surface area contributed by atoms with Gasteiger partial charge in [0.05, 0.1) is 24.0 Å². The zero-order valence-electron chi connectivity index (χ0n) is 24.6. The number of nitrogens with zero attached hydrogens (tertiary/aromatic N) is 5. The van der Waals surface area contributed by atoms with Crippen LogP contribution in [-0.4, -0.2) is 104 Å². The summed E-state index contributed by atoms with van der Waals surface area (Å²) in [5.74, 6) is 0.357. The van der Waals surface area contributed by atoms with Crippen LogP contribution in [0.5, 0.6) is 0 Å². The van der Waals surface area contributed by atoms with E-state index in [0.717, 1.165) is 64.2 Å². The van der Waals surface area contributed by atoms with Crippen molar-refractivity contribution < 1.29 is 14.4 Å². The van der Waals surface area contributed by atoms with Crippen molar-refractivity contribution in [1.82, 2.24) is 29.3 Å². The molecule has 13 heteroatoms. The molecular weight excluding hydrogens is 608 g/mol. The Morgan fingerprint density at radius 1 is 1.11 bits per heavy atom. The van der Waals surface area contributed by atoms with Crippen LogP contribution in [0.25, 0.3) is 27.6 Å². The average Bonchev–Trinajstić information content (AvgIpc) is 3.76. The number of hydrogen-bond acceptors (Lipinski definition) is 9. The maximum atomic E-state index is 14.3. The first-order valence-corrected chi connectivity index (χ1v) is 15.6. The van der Waals surface area contributed by atoms with Gasteiger partial charge in [-0.25, -0.2) is 9.31 Å². The number of hydrogen-bond donors (Lipinski definition) is 2. The molecule has 0 unspecified atom stereocenters. The summed E-state index contributed by atoms with van der Waals surface area (Å²) in [6.07, 6.45) is 6.84. The molecule has 44 heavy (non-hydrogen) atoms. The summed E-state index contributed by atoms with van der Waals surface area (Å²) in [4.78, 5) is 35.1. The number of benzene rings is 1. The Balaban J connectivity index is 0.00000384. The zero-order chi connectivity index (χ0) is 30.1. The van der Waals surface area contributed by atoms with Crippen molar-refractivity contribution in [1.29, 1.82) is 0 Å². The van der Waals surface area contributed by atoms with E-state index in [4.69, 9.17) is 9.26 Å². The predicted molar refractivity (Wildman–Crippen MR) is 171 cm³/mol. The van der Waals surface area contributed by atoms with Crippen LogP contribution in [0, 0.1) is 0 Å².